The second-order valence-corrected chi connectivity index (χ2v) is 8.06. The molecule has 0 radical (unpaired) electrons. The molecule has 0 aliphatic heterocycles. The number of benzene rings is 3. The van der Waals surface area contributed by atoms with Crippen LogP contribution in [0.2, 0.25) is 5.02 Å². The van der Waals surface area contributed by atoms with Crippen LogP contribution in [0, 0.1) is 0 Å². The molecule has 3 aromatic rings. The van der Waals surface area contributed by atoms with Crippen LogP contribution in [-0.4, -0.2) is 31.8 Å². The van der Waals surface area contributed by atoms with E-state index in [4.69, 9.17) is 16.3 Å². The van der Waals surface area contributed by atoms with Crippen LogP contribution >= 0.6 is 23.4 Å². The van der Waals surface area contributed by atoms with E-state index >= 15 is 0 Å². The summed E-state index contributed by atoms with van der Waals surface area (Å²) in [7, 11) is 1.30. The molecule has 1 N–H and O–H groups in total. The van der Waals surface area contributed by atoms with Gasteiger partial charge in [-0.3, -0.25) is 4.79 Å². The van der Waals surface area contributed by atoms with Crippen molar-refractivity contribution in [2.75, 3.05) is 13.7 Å². The van der Waals surface area contributed by atoms with Crippen LogP contribution in [0.25, 0.3) is 0 Å². The van der Waals surface area contributed by atoms with Gasteiger partial charge in [-0.05, 0) is 71.8 Å². The molecule has 0 unspecified atom stereocenters. The molecule has 0 fully saturated rings. The minimum absolute atomic E-state index is 0.154. The van der Waals surface area contributed by atoms with Crippen molar-refractivity contribution in [2.45, 2.75) is 10.6 Å². The van der Waals surface area contributed by atoms with Gasteiger partial charge in [-0.2, -0.15) is 5.10 Å². The van der Waals surface area contributed by atoms with Crippen molar-refractivity contribution >= 4 is 41.5 Å². The quantitative estimate of drug-likeness (QED) is 0.208. The van der Waals surface area contributed by atoms with Crippen LogP contribution in [0.15, 0.2) is 82.8 Å². The zero-order chi connectivity index (χ0) is 22.8. The molecule has 32 heavy (non-hydrogen) atoms. The van der Waals surface area contributed by atoms with Crippen LogP contribution < -0.4 is 10.2 Å². The molecular formula is C24H21ClN2O4S. The highest BCUT2D eigenvalue weighted by molar-refractivity contribution is 7.98. The SMILES string of the molecule is COC(=O)COc1ccc(/C=N\NC(=O)c2ccc(CSc3ccc(Cl)cc3)cc2)cc1. The van der Waals surface area contributed by atoms with E-state index in [9.17, 15) is 9.59 Å². The number of hydrogen-bond donors (Lipinski definition) is 1. The maximum Gasteiger partial charge on any atom is 0.343 e. The molecule has 3 rings (SSSR count). The molecule has 8 heteroatoms. The summed E-state index contributed by atoms with van der Waals surface area (Å²) in [6.45, 7) is -0.154. The highest BCUT2D eigenvalue weighted by Gasteiger charge is 2.05. The maximum absolute atomic E-state index is 12.3. The lowest BCUT2D eigenvalue weighted by molar-refractivity contribution is -0.142. The van der Waals surface area contributed by atoms with Gasteiger partial charge in [0.25, 0.3) is 5.91 Å². The van der Waals surface area contributed by atoms with Gasteiger partial charge < -0.3 is 9.47 Å². The number of nitrogens with one attached hydrogen (secondary N) is 1. The summed E-state index contributed by atoms with van der Waals surface area (Å²) >= 11 is 7.60. The number of carbonyl (C=O) groups is 2. The first-order valence-corrected chi connectivity index (χ1v) is 11.0. The molecular weight excluding hydrogens is 448 g/mol. The van der Waals surface area contributed by atoms with E-state index in [1.165, 1.54) is 13.3 Å². The number of nitrogens with zero attached hydrogens (tertiary/aromatic N) is 1. The number of rotatable bonds is 9. The largest absolute Gasteiger partial charge is 0.482 e. The average Bonchev–Trinajstić information content (AvgIpc) is 2.83. The summed E-state index contributed by atoms with van der Waals surface area (Å²) in [6, 6.07) is 22.0. The molecule has 0 saturated carbocycles. The van der Waals surface area contributed by atoms with Gasteiger partial charge >= 0.3 is 5.97 Å². The summed E-state index contributed by atoms with van der Waals surface area (Å²) in [5, 5.41) is 4.70. The Morgan fingerprint density at radius 1 is 1.00 bits per heavy atom. The molecule has 0 aliphatic rings. The number of carbonyl (C=O) groups excluding carboxylic acids is 2. The molecule has 0 aromatic heterocycles. The van der Waals surface area contributed by atoms with E-state index in [0.717, 1.165) is 21.8 Å². The van der Waals surface area contributed by atoms with Crippen molar-refractivity contribution in [1.29, 1.82) is 0 Å². The van der Waals surface area contributed by atoms with Crippen molar-refractivity contribution in [1.82, 2.24) is 5.43 Å². The normalized spacial score (nSPS) is 10.7. The Balaban J connectivity index is 1.46. The van der Waals surface area contributed by atoms with Crippen molar-refractivity contribution < 1.29 is 19.1 Å². The topological polar surface area (TPSA) is 77.0 Å². The van der Waals surface area contributed by atoms with E-state index in [2.05, 4.69) is 15.3 Å². The lowest BCUT2D eigenvalue weighted by atomic mass is 10.1. The molecule has 164 valence electrons. The molecule has 0 heterocycles. The minimum atomic E-state index is -0.452. The molecule has 6 nitrogen and oxygen atoms in total. The third kappa shape index (κ3) is 7.44. The average molecular weight is 469 g/mol. The van der Waals surface area contributed by atoms with Gasteiger partial charge in [-0.1, -0.05) is 23.7 Å². The molecule has 0 saturated heterocycles. The molecule has 0 spiro atoms. The molecule has 3 aromatic carbocycles. The maximum atomic E-state index is 12.3. The monoisotopic (exact) mass is 468 g/mol. The van der Waals surface area contributed by atoms with Crippen LogP contribution in [0.4, 0.5) is 0 Å². The van der Waals surface area contributed by atoms with Crippen LogP contribution in [0.1, 0.15) is 21.5 Å². The van der Waals surface area contributed by atoms with Gasteiger partial charge in [0.05, 0.1) is 13.3 Å². The number of ether oxygens (including phenoxy) is 2. The van der Waals surface area contributed by atoms with E-state index in [1.807, 2.05) is 36.4 Å². The number of hydrazone groups is 1. The van der Waals surface area contributed by atoms with Crippen molar-refractivity contribution in [3.05, 3.63) is 94.5 Å². The fourth-order valence-electron chi connectivity index (χ4n) is 2.53. The standard InChI is InChI=1S/C24H21ClN2O4S/c1-30-23(28)15-31-21-10-4-17(5-11-21)14-26-27-24(29)19-6-2-18(3-7-19)16-32-22-12-8-20(25)9-13-22/h2-14H,15-16H2,1H3,(H,27,29)/b26-14-. The number of esters is 1. The van der Waals surface area contributed by atoms with E-state index in [-0.39, 0.29) is 12.5 Å². The fraction of sp³-hybridized carbons (Fsp3) is 0.125. The summed E-state index contributed by atoms with van der Waals surface area (Å²) in [6.07, 6.45) is 1.53. The summed E-state index contributed by atoms with van der Waals surface area (Å²) in [5.41, 5.74) is 4.91. The minimum Gasteiger partial charge on any atom is -0.482 e. The first kappa shape index (κ1) is 23.4. The van der Waals surface area contributed by atoms with Gasteiger partial charge in [0.15, 0.2) is 6.61 Å². The summed E-state index contributed by atoms with van der Waals surface area (Å²) in [5.74, 6) is 0.579. The molecule has 0 bridgehead atoms. The zero-order valence-corrected chi connectivity index (χ0v) is 18.9. The Morgan fingerprint density at radius 3 is 2.34 bits per heavy atom. The number of thioether (sulfide) groups is 1. The second kappa shape index (κ2) is 11.9. The van der Waals surface area contributed by atoms with E-state index < -0.39 is 5.97 Å². The van der Waals surface area contributed by atoms with Crippen molar-refractivity contribution in [3.63, 3.8) is 0 Å². The van der Waals surface area contributed by atoms with Gasteiger partial charge in [-0.25, -0.2) is 10.2 Å². The number of methoxy groups -OCH3 is 1. The Bertz CT molecular complexity index is 1070. The summed E-state index contributed by atoms with van der Waals surface area (Å²) in [4.78, 5) is 24.5. The van der Waals surface area contributed by atoms with E-state index in [1.54, 1.807) is 48.2 Å². The molecule has 0 aliphatic carbocycles. The van der Waals surface area contributed by atoms with Crippen LogP contribution in [0.5, 0.6) is 5.75 Å². The highest BCUT2D eigenvalue weighted by atomic mass is 35.5. The lowest BCUT2D eigenvalue weighted by Gasteiger charge is -2.05. The zero-order valence-electron chi connectivity index (χ0n) is 17.3. The lowest BCUT2D eigenvalue weighted by Crippen LogP contribution is -2.17. The summed E-state index contributed by atoms with van der Waals surface area (Å²) < 4.78 is 9.79. The van der Waals surface area contributed by atoms with Gasteiger partial charge in [0, 0.05) is 21.2 Å². The van der Waals surface area contributed by atoms with E-state index in [0.29, 0.717) is 16.3 Å². The Kier molecular flexibility index (Phi) is 8.71. The van der Waals surface area contributed by atoms with Crippen molar-refractivity contribution in [2.24, 2.45) is 5.10 Å². The third-order valence-electron chi connectivity index (χ3n) is 4.28. The predicted molar refractivity (Wildman–Crippen MR) is 126 cm³/mol. The Hall–Kier alpha value is -3.29. The van der Waals surface area contributed by atoms with Crippen LogP contribution in [0.3, 0.4) is 0 Å². The second-order valence-electron chi connectivity index (χ2n) is 6.57. The first-order valence-electron chi connectivity index (χ1n) is 9.64. The van der Waals surface area contributed by atoms with Crippen LogP contribution in [-0.2, 0) is 15.3 Å². The van der Waals surface area contributed by atoms with Gasteiger partial charge in [-0.15, -0.1) is 11.8 Å². The highest BCUT2D eigenvalue weighted by Crippen LogP contribution is 2.24. The number of amides is 1. The van der Waals surface area contributed by atoms with Gasteiger partial charge in [0.2, 0.25) is 0 Å². The Morgan fingerprint density at radius 2 is 1.69 bits per heavy atom. The predicted octanol–water partition coefficient (Wildman–Crippen LogP) is 4.95. The smallest absolute Gasteiger partial charge is 0.343 e. The Labute approximate surface area is 195 Å². The third-order valence-corrected chi connectivity index (χ3v) is 5.61. The number of hydrogen-bond acceptors (Lipinski definition) is 6. The molecule has 0 atom stereocenters. The fourth-order valence-corrected chi connectivity index (χ4v) is 3.51. The molecule has 1 amide bonds. The number of halogens is 1. The van der Waals surface area contributed by atoms with Gasteiger partial charge in [0.1, 0.15) is 5.75 Å². The first-order chi connectivity index (χ1) is 15.5. The van der Waals surface area contributed by atoms with Crippen molar-refractivity contribution in [3.8, 4) is 5.75 Å².